The number of anilines is 2. The molecule has 2 atom stereocenters. The molecule has 4 N–H and O–H groups in total. The molecule has 0 saturated heterocycles. The van der Waals surface area contributed by atoms with Crippen molar-refractivity contribution >= 4 is 11.8 Å². The van der Waals surface area contributed by atoms with Crippen molar-refractivity contribution < 1.29 is 5.11 Å². The van der Waals surface area contributed by atoms with E-state index < -0.39 is 0 Å². The standard InChI is InChI=1S/C13H22N4O/c1-9-6-12(17-13(14)16-9)15-7-10-4-2-3-5-11(10)8-18/h6,10-11,18H,2-5,7-8H2,1H3,(H3,14,15,16,17). The molecule has 2 rings (SSSR count). The molecule has 1 aromatic heterocycles. The fraction of sp³-hybridized carbons (Fsp3) is 0.692. The van der Waals surface area contributed by atoms with Crippen molar-refractivity contribution in [2.24, 2.45) is 11.8 Å². The Morgan fingerprint density at radius 1 is 1.33 bits per heavy atom. The quantitative estimate of drug-likeness (QED) is 0.755. The Hall–Kier alpha value is -1.36. The number of aliphatic hydroxyl groups excluding tert-OH is 1. The van der Waals surface area contributed by atoms with Gasteiger partial charge >= 0.3 is 0 Å². The van der Waals surface area contributed by atoms with E-state index in [0.29, 0.717) is 17.8 Å². The summed E-state index contributed by atoms with van der Waals surface area (Å²) in [5, 5.41) is 12.7. The van der Waals surface area contributed by atoms with E-state index in [0.717, 1.165) is 24.5 Å². The highest BCUT2D eigenvalue weighted by atomic mass is 16.3. The maximum Gasteiger partial charge on any atom is 0.222 e. The average molecular weight is 250 g/mol. The molecule has 0 bridgehead atoms. The van der Waals surface area contributed by atoms with Crippen molar-refractivity contribution in [3.8, 4) is 0 Å². The Bertz CT molecular complexity index is 376. The van der Waals surface area contributed by atoms with E-state index in [1.54, 1.807) is 0 Å². The predicted molar refractivity (Wildman–Crippen MR) is 72.2 cm³/mol. The van der Waals surface area contributed by atoms with Crippen LogP contribution in [-0.2, 0) is 0 Å². The number of hydrogen-bond acceptors (Lipinski definition) is 5. The molecule has 0 aliphatic heterocycles. The molecule has 0 aromatic carbocycles. The van der Waals surface area contributed by atoms with E-state index in [9.17, 15) is 5.11 Å². The molecule has 0 amide bonds. The molecule has 100 valence electrons. The molecule has 1 heterocycles. The summed E-state index contributed by atoms with van der Waals surface area (Å²) in [6, 6.07) is 1.90. The lowest BCUT2D eigenvalue weighted by atomic mass is 9.79. The second-order valence-corrected chi connectivity index (χ2v) is 5.12. The molecule has 5 nitrogen and oxygen atoms in total. The van der Waals surface area contributed by atoms with Crippen LogP contribution in [0.5, 0.6) is 0 Å². The van der Waals surface area contributed by atoms with Crippen molar-refractivity contribution in [3.05, 3.63) is 11.8 Å². The first-order chi connectivity index (χ1) is 8.69. The Morgan fingerprint density at radius 2 is 2.06 bits per heavy atom. The molecule has 5 heteroatoms. The van der Waals surface area contributed by atoms with Gasteiger partial charge in [0.2, 0.25) is 5.95 Å². The second kappa shape index (κ2) is 6.00. The van der Waals surface area contributed by atoms with E-state index in [1.807, 2.05) is 13.0 Å². The SMILES string of the molecule is Cc1cc(NCC2CCCCC2CO)nc(N)n1. The molecule has 2 unspecified atom stereocenters. The monoisotopic (exact) mass is 250 g/mol. The molecule has 1 aromatic rings. The lowest BCUT2D eigenvalue weighted by Gasteiger charge is -2.30. The summed E-state index contributed by atoms with van der Waals surface area (Å²) in [6.45, 7) is 3.04. The third-order valence-corrected chi connectivity index (χ3v) is 3.72. The van der Waals surface area contributed by atoms with Gasteiger partial charge in [-0.2, -0.15) is 4.98 Å². The molecular weight excluding hydrogens is 228 g/mol. The van der Waals surface area contributed by atoms with Crippen LogP contribution in [0, 0.1) is 18.8 Å². The van der Waals surface area contributed by atoms with Crippen molar-refractivity contribution in [1.29, 1.82) is 0 Å². The molecule has 0 spiro atoms. The maximum atomic E-state index is 9.37. The summed E-state index contributed by atoms with van der Waals surface area (Å²) in [4.78, 5) is 8.21. The van der Waals surface area contributed by atoms with Crippen LogP contribution in [0.15, 0.2) is 6.07 Å². The highest BCUT2D eigenvalue weighted by molar-refractivity contribution is 5.40. The topological polar surface area (TPSA) is 84.1 Å². The molecular formula is C13H22N4O. The molecule has 18 heavy (non-hydrogen) atoms. The number of aliphatic hydroxyl groups is 1. The van der Waals surface area contributed by atoms with E-state index in [4.69, 9.17) is 5.73 Å². The van der Waals surface area contributed by atoms with E-state index in [1.165, 1.54) is 19.3 Å². The number of nitrogens with one attached hydrogen (secondary N) is 1. The van der Waals surface area contributed by atoms with Gasteiger partial charge in [0, 0.05) is 24.9 Å². The molecule has 1 fully saturated rings. The summed E-state index contributed by atoms with van der Waals surface area (Å²) in [5.74, 6) is 2.04. The lowest BCUT2D eigenvalue weighted by molar-refractivity contribution is 0.141. The Labute approximate surface area is 108 Å². The normalized spacial score (nSPS) is 23.9. The highest BCUT2D eigenvalue weighted by Gasteiger charge is 2.24. The number of aromatic nitrogens is 2. The van der Waals surface area contributed by atoms with Gasteiger partial charge in [0.15, 0.2) is 0 Å². The number of nitrogens with zero attached hydrogens (tertiary/aromatic N) is 2. The van der Waals surface area contributed by atoms with E-state index >= 15 is 0 Å². The van der Waals surface area contributed by atoms with Gasteiger partial charge in [0.05, 0.1) is 0 Å². The van der Waals surface area contributed by atoms with Gasteiger partial charge in [0.25, 0.3) is 0 Å². The summed E-state index contributed by atoms with van der Waals surface area (Å²) in [7, 11) is 0. The van der Waals surface area contributed by atoms with Crippen molar-refractivity contribution in [3.63, 3.8) is 0 Å². The lowest BCUT2D eigenvalue weighted by Crippen LogP contribution is -2.28. The number of hydrogen-bond donors (Lipinski definition) is 3. The van der Waals surface area contributed by atoms with Gasteiger partial charge in [0.1, 0.15) is 5.82 Å². The second-order valence-electron chi connectivity index (χ2n) is 5.12. The number of rotatable bonds is 4. The van der Waals surface area contributed by atoms with Crippen LogP contribution in [-0.4, -0.2) is 28.2 Å². The Balaban J connectivity index is 1.93. The zero-order valence-corrected chi connectivity index (χ0v) is 10.9. The van der Waals surface area contributed by atoms with Gasteiger partial charge in [-0.3, -0.25) is 0 Å². The first kappa shape index (κ1) is 13.1. The Kier molecular flexibility index (Phi) is 4.36. The predicted octanol–water partition coefficient (Wildman–Crippen LogP) is 1.58. The minimum absolute atomic E-state index is 0.289. The van der Waals surface area contributed by atoms with Crippen LogP contribution >= 0.6 is 0 Å². The molecule has 0 radical (unpaired) electrons. The number of nitrogen functional groups attached to an aromatic ring is 1. The third-order valence-electron chi connectivity index (χ3n) is 3.72. The summed E-state index contributed by atoms with van der Waals surface area (Å²) < 4.78 is 0. The third kappa shape index (κ3) is 3.32. The molecule has 1 aliphatic rings. The zero-order valence-electron chi connectivity index (χ0n) is 10.9. The molecule has 1 saturated carbocycles. The van der Waals surface area contributed by atoms with E-state index in [-0.39, 0.29) is 6.61 Å². The summed E-state index contributed by atoms with van der Waals surface area (Å²) in [5.41, 5.74) is 6.49. The van der Waals surface area contributed by atoms with Gasteiger partial charge in [-0.25, -0.2) is 4.98 Å². The average Bonchev–Trinajstić information content (AvgIpc) is 2.35. The van der Waals surface area contributed by atoms with Crippen LogP contribution < -0.4 is 11.1 Å². The van der Waals surface area contributed by atoms with Gasteiger partial charge in [-0.1, -0.05) is 12.8 Å². The minimum atomic E-state index is 0.289. The largest absolute Gasteiger partial charge is 0.396 e. The first-order valence-corrected chi connectivity index (χ1v) is 6.65. The number of aryl methyl sites for hydroxylation is 1. The van der Waals surface area contributed by atoms with E-state index in [2.05, 4.69) is 15.3 Å². The summed E-state index contributed by atoms with van der Waals surface area (Å²) in [6.07, 6.45) is 4.81. The fourth-order valence-electron chi connectivity index (χ4n) is 2.71. The number of nitrogens with two attached hydrogens (primary N) is 1. The fourth-order valence-corrected chi connectivity index (χ4v) is 2.71. The van der Waals surface area contributed by atoms with Gasteiger partial charge in [-0.15, -0.1) is 0 Å². The van der Waals surface area contributed by atoms with Crippen LogP contribution in [0.4, 0.5) is 11.8 Å². The first-order valence-electron chi connectivity index (χ1n) is 6.65. The van der Waals surface area contributed by atoms with Crippen LogP contribution in [0.1, 0.15) is 31.4 Å². The smallest absolute Gasteiger partial charge is 0.222 e. The van der Waals surface area contributed by atoms with Crippen molar-refractivity contribution in [2.45, 2.75) is 32.6 Å². The van der Waals surface area contributed by atoms with Crippen LogP contribution in [0.25, 0.3) is 0 Å². The zero-order chi connectivity index (χ0) is 13.0. The van der Waals surface area contributed by atoms with Gasteiger partial charge < -0.3 is 16.2 Å². The van der Waals surface area contributed by atoms with Crippen LogP contribution in [0.2, 0.25) is 0 Å². The van der Waals surface area contributed by atoms with Crippen molar-refractivity contribution in [1.82, 2.24) is 9.97 Å². The molecule has 1 aliphatic carbocycles. The Morgan fingerprint density at radius 3 is 2.72 bits per heavy atom. The van der Waals surface area contributed by atoms with Gasteiger partial charge in [-0.05, 0) is 31.6 Å². The summed E-state index contributed by atoms with van der Waals surface area (Å²) >= 11 is 0. The minimum Gasteiger partial charge on any atom is -0.396 e. The highest BCUT2D eigenvalue weighted by Crippen LogP contribution is 2.29. The maximum absolute atomic E-state index is 9.37. The van der Waals surface area contributed by atoms with Crippen LogP contribution in [0.3, 0.4) is 0 Å². The van der Waals surface area contributed by atoms with Crippen molar-refractivity contribution in [2.75, 3.05) is 24.2 Å².